The van der Waals surface area contributed by atoms with Crippen LogP contribution in [-0.4, -0.2) is 17.4 Å². The molecule has 0 aliphatic rings. The maximum atomic E-state index is 13.3. The number of aromatic nitrogens is 1. The van der Waals surface area contributed by atoms with Gasteiger partial charge in [0.25, 0.3) is 5.91 Å². The predicted molar refractivity (Wildman–Crippen MR) is 85.5 cm³/mol. The third-order valence-corrected chi connectivity index (χ3v) is 3.85. The minimum Gasteiger partial charge on any atom is -0.370 e. The predicted octanol–water partition coefficient (Wildman–Crippen LogP) is 4.32. The summed E-state index contributed by atoms with van der Waals surface area (Å²) < 4.78 is 14.0. The summed E-state index contributed by atoms with van der Waals surface area (Å²) in [4.78, 5) is 16.1. The van der Waals surface area contributed by atoms with E-state index in [2.05, 4.69) is 31.5 Å². The molecule has 2 N–H and O–H groups in total. The number of rotatable bonds is 4. The molecule has 1 amide bonds. The molecule has 7 heteroatoms. The number of hydrogen-bond donors (Lipinski definition) is 2. The van der Waals surface area contributed by atoms with Crippen LogP contribution in [0.2, 0.25) is 5.02 Å². The molecule has 1 aromatic carbocycles. The van der Waals surface area contributed by atoms with Crippen LogP contribution in [0.5, 0.6) is 0 Å². The number of hydrogen-bond acceptors (Lipinski definition) is 3. The topological polar surface area (TPSA) is 54.0 Å². The third-order valence-electron chi connectivity index (χ3n) is 2.62. The maximum Gasteiger partial charge on any atom is 0.259 e. The lowest BCUT2D eigenvalue weighted by molar-refractivity contribution is 0.102. The highest BCUT2D eigenvalue weighted by Gasteiger charge is 2.14. The lowest BCUT2D eigenvalue weighted by Crippen LogP contribution is -2.16. The first-order valence-electron chi connectivity index (χ1n) is 6.17. The van der Waals surface area contributed by atoms with E-state index in [4.69, 9.17) is 11.6 Å². The van der Waals surface area contributed by atoms with E-state index in [0.29, 0.717) is 23.1 Å². The molecule has 0 saturated carbocycles. The summed E-state index contributed by atoms with van der Waals surface area (Å²) in [6.07, 6.45) is 1.06. The van der Waals surface area contributed by atoms with E-state index in [-0.39, 0.29) is 5.56 Å². The standard InChI is InChI=1S/C14H12BrClFN3O/c1-2-18-13-10(5-8(17)7-19-13)14(21)20-9-3-4-11(15)12(16)6-9/h3-7H,2H2,1H3,(H,18,19)(H,20,21). The van der Waals surface area contributed by atoms with E-state index in [1.54, 1.807) is 18.2 Å². The summed E-state index contributed by atoms with van der Waals surface area (Å²) in [6.45, 7) is 2.43. The maximum absolute atomic E-state index is 13.3. The highest BCUT2D eigenvalue weighted by molar-refractivity contribution is 9.10. The third kappa shape index (κ3) is 3.92. The van der Waals surface area contributed by atoms with Crippen LogP contribution in [-0.2, 0) is 0 Å². The average Bonchev–Trinajstić information content (AvgIpc) is 2.45. The molecule has 0 spiro atoms. The van der Waals surface area contributed by atoms with Crippen molar-refractivity contribution in [2.75, 3.05) is 17.2 Å². The molecule has 0 atom stereocenters. The van der Waals surface area contributed by atoms with Gasteiger partial charge in [-0.15, -0.1) is 0 Å². The largest absolute Gasteiger partial charge is 0.370 e. The highest BCUT2D eigenvalue weighted by Crippen LogP contribution is 2.26. The van der Waals surface area contributed by atoms with Gasteiger partial charge in [0.1, 0.15) is 11.6 Å². The Labute approximate surface area is 134 Å². The molecule has 2 aromatic rings. The van der Waals surface area contributed by atoms with Crippen molar-refractivity contribution in [3.63, 3.8) is 0 Å². The highest BCUT2D eigenvalue weighted by atomic mass is 79.9. The van der Waals surface area contributed by atoms with Crippen LogP contribution in [0, 0.1) is 5.82 Å². The van der Waals surface area contributed by atoms with Gasteiger partial charge >= 0.3 is 0 Å². The van der Waals surface area contributed by atoms with Crippen molar-refractivity contribution in [1.82, 2.24) is 4.98 Å². The quantitative estimate of drug-likeness (QED) is 0.840. The SMILES string of the molecule is CCNc1ncc(F)cc1C(=O)Nc1ccc(Br)c(Cl)c1. The van der Waals surface area contributed by atoms with Crippen molar-refractivity contribution < 1.29 is 9.18 Å². The number of anilines is 2. The number of carbonyl (C=O) groups is 1. The minimum atomic E-state index is -0.573. The molecule has 0 aliphatic heterocycles. The van der Waals surface area contributed by atoms with Gasteiger partial charge in [0.15, 0.2) is 0 Å². The molecule has 110 valence electrons. The molecular weight excluding hydrogens is 361 g/mol. The first kappa shape index (κ1) is 15.7. The fourth-order valence-corrected chi connectivity index (χ4v) is 2.12. The number of halogens is 3. The van der Waals surface area contributed by atoms with Gasteiger partial charge in [-0.05, 0) is 47.1 Å². The molecule has 2 rings (SSSR count). The summed E-state index contributed by atoms with van der Waals surface area (Å²) in [5.41, 5.74) is 0.649. The zero-order valence-electron chi connectivity index (χ0n) is 11.1. The van der Waals surface area contributed by atoms with Gasteiger partial charge in [0.2, 0.25) is 0 Å². The van der Waals surface area contributed by atoms with E-state index >= 15 is 0 Å². The van der Waals surface area contributed by atoms with Gasteiger partial charge in [0, 0.05) is 16.7 Å². The number of carbonyl (C=O) groups excluding carboxylic acids is 1. The molecule has 0 saturated heterocycles. The summed E-state index contributed by atoms with van der Waals surface area (Å²) in [5, 5.41) is 6.05. The Bertz CT molecular complexity index is 681. The molecule has 4 nitrogen and oxygen atoms in total. The van der Waals surface area contributed by atoms with E-state index < -0.39 is 11.7 Å². The molecule has 0 radical (unpaired) electrons. The van der Waals surface area contributed by atoms with Gasteiger partial charge in [-0.2, -0.15) is 0 Å². The van der Waals surface area contributed by atoms with Gasteiger partial charge in [-0.1, -0.05) is 11.6 Å². The summed E-state index contributed by atoms with van der Waals surface area (Å²) >= 11 is 9.23. The number of amides is 1. The van der Waals surface area contributed by atoms with Crippen molar-refractivity contribution >= 4 is 44.9 Å². The molecule has 21 heavy (non-hydrogen) atoms. The zero-order valence-corrected chi connectivity index (χ0v) is 13.4. The molecule has 0 aliphatic carbocycles. The normalized spacial score (nSPS) is 10.3. The van der Waals surface area contributed by atoms with Crippen LogP contribution in [0.25, 0.3) is 0 Å². The smallest absolute Gasteiger partial charge is 0.259 e. The van der Waals surface area contributed by atoms with Crippen molar-refractivity contribution in [2.45, 2.75) is 6.92 Å². The summed E-state index contributed by atoms with van der Waals surface area (Å²) in [7, 11) is 0. The fraction of sp³-hybridized carbons (Fsp3) is 0.143. The van der Waals surface area contributed by atoms with Gasteiger partial charge in [0.05, 0.1) is 16.8 Å². The Morgan fingerprint density at radius 2 is 2.19 bits per heavy atom. The Kier molecular flexibility index (Phi) is 5.14. The lowest BCUT2D eigenvalue weighted by Gasteiger charge is -2.10. The second-order valence-corrected chi connectivity index (χ2v) is 5.42. The lowest BCUT2D eigenvalue weighted by atomic mass is 10.2. The Hall–Kier alpha value is -1.66. The molecule has 1 aromatic heterocycles. The zero-order chi connectivity index (χ0) is 15.4. The van der Waals surface area contributed by atoms with E-state index in [1.807, 2.05) is 6.92 Å². The number of nitrogens with zero attached hydrogens (tertiary/aromatic N) is 1. The Balaban J connectivity index is 2.27. The van der Waals surface area contributed by atoms with E-state index in [1.165, 1.54) is 0 Å². The van der Waals surface area contributed by atoms with Crippen LogP contribution in [0.15, 0.2) is 34.9 Å². The Morgan fingerprint density at radius 3 is 2.86 bits per heavy atom. The molecular formula is C14H12BrClFN3O. The van der Waals surface area contributed by atoms with Crippen molar-refractivity contribution in [3.8, 4) is 0 Å². The first-order valence-corrected chi connectivity index (χ1v) is 7.34. The first-order chi connectivity index (χ1) is 10.0. The van der Waals surface area contributed by atoms with Crippen LogP contribution in [0.1, 0.15) is 17.3 Å². The van der Waals surface area contributed by atoms with Crippen LogP contribution < -0.4 is 10.6 Å². The summed E-state index contributed by atoms with van der Waals surface area (Å²) in [5.74, 6) is -0.702. The molecule has 1 heterocycles. The van der Waals surface area contributed by atoms with Crippen molar-refractivity contribution in [3.05, 3.63) is 51.3 Å². The van der Waals surface area contributed by atoms with Gasteiger partial charge in [-0.3, -0.25) is 4.79 Å². The number of nitrogens with one attached hydrogen (secondary N) is 2. The Morgan fingerprint density at radius 1 is 1.43 bits per heavy atom. The number of benzene rings is 1. The van der Waals surface area contributed by atoms with Crippen LogP contribution in [0.4, 0.5) is 15.9 Å². The van der Waals surface area contributed by atoms with Crippen molar-refractivity contribution in [1.29, 1.82) is 0 Å². The van der Waals surface area contributed by atoms with Crippen LogP contribution in [0.3, 0.4) is 0 Å². The average molecular weight is 373 g/mol. The second kappa shape index (κ2) is 6.87. The molecule has 0 fully saturated rings. The number of pyridine rings is 1. The fourth-order valence-electron chi connectivity index (χ4n) is 1.69. The van der Waals surface area contributed by atoms with Gasteiger partial charge in [-0.25, -0.2) is 9.37 Å². The molecule has 0 bridgehead atoms. The van der Waals surface area contributed by atoms with Crippen LogP contribution >= 0.6 is 27.5 Å². The molecule has 0 unspecified atom stereocenters. The van der Waals surface area contributed by atoms with E-state index in [9.17, 15) is 9.18 Å². The van der Waals surface area contributed by atoms with Crippen molar-refractivity contribution in [2.24, 2.45) is 0 Å². The minimum absolute atomic E-state index is 0.135. The summed E-state index contributed by atoms with van der Waals surface area (Å²) in [6, 6.07) is 6.14. The van der Waals surface area contributed by atoms with E-state index in [0.717, 1.165) is 16.7 Å². The second-order valence-electron chi connectivity index (χ2n) is 4.16. The van der Waals surface area contributed by atoms with Gasteiger partial charge < -0.3 is 10.6 Å². The monoisotopic (exact) mass is 371 g/mol.